The Morgan fingerprint density at radius 1 is 1.26 bits per heavy atom. The molecule has 3 rings (SSSR count). The summed E-state index contributed by atoms with van der Waals surface area (Å²) in [5, 5.41) is 2.98. The van der Waals surface area contributed by atoms with Gasteiger partial charge in [0.1, 0.15) is 11.9 Å². The number of carbonyl (C=O) groups is 2. The third-order valence-electron chi connectivity index (χ3n) is 5.53. The van der Waals surface area contributed by atoms with E-state index in [2.05, 4.69) is 12.2 Å². The van der Waals surface area contributed by atoms with Crippen LogP contribution in [0.15, 0.2) is 24.3 Å². The van der Waals surface area contributed by atoms with Gasteiger partial charge in [0.05, 0.1) is 5.37 Å². The summed E-state index contributed by atoms with van der Waals surface area (Å²) < 4.78 is 13.7. The van der Waals surface area contributed by atoms with Crippen molar-refractivity contribution in [2.24, 2.45) is 5.92 Å². The van der Waals surface area contributed by atoms with Crippen LogP contribution in [0.2, 0.25) is 0 Å². The van der Waals surface area contributed by atoms with E-state index in [9.17, 15) is 14.0 Å². The molecule has 0 radical (unpaired) electrons. The molecule has 4 nitrogen and oxygen atoms in total. The van der Waals surface area contributed by atoms with Crippen LogP contribution in [-0.4, -0.2) is 40.4 Å². The Balaban J connectivity index is 1.82. The highest BCUT2D eigenvalue weighted by Crippen LogP contribution is 2.41. The molecule has 1 aliphatic heterocycles. The minimum Gasteiger partial charge on any atom is -0.354 e. The van der Waals surface area contributed by atoms with Crippen LogP contribution >= 0.6 is 11.8 Å². The number of nitrogens with one attached hydrogen (secondary N) is 1. The quantitative estimate of drug-likeness (QED) is 0.738. The van der Waals surface area contributed by atoms with Crippen LogP contribution in [0.1, 0.15) is 62.2 Å². The molecule has 148 valence electrons. The molecule has 2 amide bonds. The molecule has 1 aromatic carbocycles. The number of halogens is 1. The molecule has 1 heterocycles. The molecule has 0 spiro atoms. The predicted octanol–water partition coefficient (Wildman–Crippen LogP) is 4.21. The summed E-state index contributed by atoms with van der Waals surface area (Å²) in [5.74, 6) is 0.283. The maximum atomic E-state index is 13.7. The fraction of sp³-hybridized carbons (Fsp3) is 0.619. The number of benzene rings is 1. The molecule has 2 unspecified atom stereocenters. The summed E-state index contributed by atoms with van der Waals surface area (Å²) in [6.45, 7) is 2.71. The normalized spacial score (nSPS) is 23.4. The largest absolute Gasteiger partial charge is 0.354 e. The minimum absolute atomic E-state index is 0.00277. The van der Waals surface area contributed by atoms with E-state index < -0.39 is 11.9 Å². The Bertz CT molecular complexity index is 663. The third-order valence-corrected chi connectivity index (χ3v) is 6.99. The van der Waals surface area contributed by atoms with Crippen molar-refractivity contribution < 1.29 is 14.0 Å². The molecule has 2 aliphatic rings. The molecule has 2 atom stereocenters. The molecular weight excluding hydrogens is 363 g/mol. The lowest BCUT2D eigenvalue weighted by atomic mass is 9.88. The van der Waals surface area contributed by atoms with Crippen LogP contribution < -0.4 is 5.32 Å². The Morgan fingerprint density at radius 3 is 2.74 bits per heavy atom. The van der Waals surface area contributed by atoms with Gasteiger partial charge in [0.25, 0.3) is 5.91 Å². The molecule has 1 aliphatic carbocycles. The predicted molar refractivity (Wildman–Crippen MR) is 107 cm³/mol. The van der Waals surface area contributed by atoms with Crippen molar-refractivity contribution in [3.63, 3.8) is 0 Å². The monoisotopic (exact) mass is 392 g/mol. The van der Waals surface area contributed by atoms with Crippen molar-refractivity contribution >= 4 is 23.6 Å². The van der Waals surface area contributed by atoms with E-state index in [0.29, 0.717) is 23.8 Å². The fourth-order valence-electron chi connectivity index (χ4n) is 4.05. The number of amides is 2. The van der Waals surface area contributed by atoms with Gasteiger partial charge in [0, 0.05) is 17.9 Å². The fourth-order valence-corrected chi connectivity index (χ4v) is 5.69. The number of rotatable bonds is 6. The Morgan fingerprint density at radius 2 is 2.04 bits per heavy atom. The van der Waals surface area contributed by atoms with Crippen LogP contribution in [0.25, 0.3) is 0 Å². The summed E-state index contributed by atoms with van der Waals surface area (Å²) in [6.07, 6.45) is 7.72. The zero-order valence-electron chi connectivity index (χ0n) is 16.0. The van der Waals surface area contributed by atoms with Crippen molar-refractivity contribution in [3.05, 3.63) is 35.6 Å². The zero-order chi connectivity index (χ0) is 19.2. The smallest absolute Gasteiger partial charge is 0.255 e. The Kier molecular flexibility index (Phi) is 7.16. The van der Waals surface area contributed by atoms with Crippen LogP contribution in [0.4, 0.5) is 4.39 Å². The SMILES string of the molecule is CCCCNC(=O)C1CSC(C2CCCCC2)N1C(=O)c1cccc(F)c1. The molecule has 1 saturated carbocycles. The highest BCUT2D eigenvalue weighted by molar-refractivity contribution is 8.00. The first-order valence-corrected chi connectivity index (χ1v) is 11.1. The van der Waals surface area contributed by atoms with Crippen LogP contribution in [0, 0.1) is 11.7 Å². The highest BCUT2D eigenvalue weighted by atomic mass is 32.2. The number of thioether (sulfide) groups is 1. The molecule has 1 saturated heterocycles. The van der Waals surface area contributed by atoms with E-state index in [1.54, 1.807) is 28.8 Å². The first kappa shape index (κ1) is 20.2. The highest BCUT2D eigenvalue weighted by Gasteiger charge is 2.45. The number of hydrogen-bond donors (Lipinski definition) is 1. The first-order chi connectivity index (χ1) is 13.1. The summed E-state index contributed by atoms with van der Waals surface area (Å²) >= 11 is 1.71. The second-order valence-corrected chi connectivity index (χ2v) is 8.65. The third kappa shape index (κ3) is 4.84. The average molecular weight is 393 g/mol. The lowest BCUT2D eigenvalue weighted by Gasteiger charge is -2.35. The standard InChI is InChI=1S/C21H29FN2O2S/c1-2-3-12-23-19(25)18-14-27-21(15-8-5-4-6-9-15)24(18)20(26)16-10-7-11-17(22)13-16/h7,10-11,13,15,18,21H,2-6,8-9,12,14H2,1H3,(H,23,25). The Hall–Kier alpha value is -1.56. The van der Waals surface area contributed by atoms with E-state index in [4.69, 9.17) is 0 Å². The van der Waals surface area contributed by atoms with Gasteiger partial charge < -0.3 is 10.2 Å². The van der Waals surface area contributed by atoms with Gasteiger partial charge in [0.15, 0.2) is 0 Å². The van der Waals surface area contributed by atoms with Crippen molar-refractivity contribution in [2.45, 2.75) is 63.3 Å². The van der Waals surface area contributed by atoms with Gasteiger partial charge in [-0.1, -0.05) is 38.7 Å². The van der Waals surface area contributed by atoms with Gasteiger partial charge in [-0.3, -0.25) is 9.59 Å². The summed E-state index contributed by atoms with van der Waals surface area (Å²) in [6, 6.07) is 5.32. The number of hydrogen-bond acceptors (Lipinski definition) is 3. The van der Waals surface area contributed by atoms with Crippen molar-refractivity contribution in [1.29, 1.82) is 0 Å². The molecule has 1 N–H and O–H groups in total. The van der Waals surface area contributed by atoms with E-state index in [1.807, 2.05) is 0 Å². The molecule has 27 heavy (non-hydrogen) atoms. The average Bonchev–Trinajstić information content (AvgIpc) is 3.13. The Labute approximate surface area is 165 Å². The number of unbranched alkanes of at least 4 members (excludes halogenated alkanes) is 1. The van der Waals surface area contributed by atoms with E-state index in [0.717, 1.165) is 25.7 Å². The van der Waals surface area contributed by atoms with E-state index in [-0.39, 0.29) is 17.2 Å². The van der Waals surface area contributed by atoms with Gasteiger partial charge >= 0.3 is 0 Å². The van der Waals surface area contributed by atoms with Crippen LogP contribution in [0.5, 0.6) is 0 Å². The van der Waals surface area contributed by atoms with E-state index in [1.165, 1.54) is 31.4 Å². The van der Waals surface area contributed by atoms with Crippen LogP contribution in [0.3, 0.4) is 0 Å². The maximum Gasteiger partial charge on any atom is 0.255 e. The summed E-state index contributed by atoms with van der Waals surface area (Å²) in [4.78, 5) is 27.8. The molecule has 0 bridgehead atoms. The summed E-state index contributed by atoms with van der Waals surface area (Å²) in [7, 11) is 0. The van der Waals surface area contributed by atoms with Crippen molar-refractivity contribution in [3.8, 4) is 0 Å². The lowest BCUT2D eigenvalue weighted by molar-refractivity contribution is -0.125. The van der Waals surface area contributed by atoms with Crippen molar-refractivity contribution in [2.75, 3.05) is 12.3 Å². The second kappa shape index (κ2) is 9.58. The van der Waals surface area contributed by atoms with Crippen LogP contribution in [-0.2, 0) is 4.79 Å². The van der Waals surface area contributed by atoms with E-state index >= 15 is 0 Å². The first-order valence-electron chi connectivity index (χ1n) is 10.1. The molecule has 2 fully saturated rings. The number of carbonyl (C=O) groups excluding carboxylic acids is 2. The van der Waals surface area contributed by atoms with Crippen molar-refractivity contribution in [1.82, 2.24) is 10.2 Å². The van der Waals surface area contributed by atoms with Gasteiger partial charge in [-0.2, -0.15) is 0 Å². The van der Waals surface area contributed by atoms with Gasteiger partial charge in [-0.25, -0.2) is 4.39 Å². The minimum atomic E-state index is -0.477. The molecular formula is C21H29FN2O2S. The molecule has 6 heteroatoms. The summed E-state index contributed by atoms with van der Waals surface area (Å²) in [5.41, 5.74) is 0.324. The van der Waals surface area contributed by atoms with Gasteiger partial charge in [-0.05, 0) is 43.4 Å². The van der Waals surface area contributed by atoms with Gasteiger partial charge in [-0.15, -0.1) is 11.8 Å². The number of nitrogens with zero attached hydrogens (tertiary/aromatic N) is 1. The molecule has 0 aromatic heterocycles. The maximum absolute atomic E-state index is 13.7. The zero-order valence-corrected chi connectivity index (χ0v) is 16.8. The lowest BCUT2D eigenvalue weighted by Crippen LogP contribution is -2.51. The second-order valence-electron chi connectivity index (χ2n) is 7.51. The molecule has 1 aromatic rings. The topological polar surface area (TPSA) is 49.4 Å². The van der Waals surface area contributed by atoms with Gasteiger partial charge in [0.2, 0.25) is 5.91 Å².